The number of rotatable bonds is 4. The van der Waals surface area contributed by atoms with Crippen LogP contribution in [0.15, 0.2) is 23.6 Å². The van der Waals surface area contributed by atoms with Gasteiger partial charge in [0, 0.05) is 17.5 Å². The van der Waals surface area contributed by atoms with Crippen LogP contribution in [0.3, 0.4) is 0 Å². The average molecular weight is 277 g/mol. The highest BCUT2D eigenvalue weighted by Gasteiger charge is 2.11. The fourth-order valence-corrected chi connectivity index (χ4v) is 2.38. The number of phenols is 1. The fraction of sp³-hybridized carbons (Fsp3) is 0.231. The molecule has 1 amide bonds. The van der Waals surface area contributed by atoms with E-state index in [2.05, 4.69) is 10.3 Å². The maximum Gasteiger partial charge on any atom is 0.275 e. The molecule has 2 rings (SSSR count). The summed E-state index contributed by atoms with van der Waals surface area (Å²) < 4.78 is 0. The zero-order valence-electron chi connectivity index (χ0n) is 10.5. The Morgan fingerprint density at radius 2 is 2.32 bits per heavy atom. The molecule has 0 saturated carbocycles. The largest absolute Gasteiger partial charge is 0.508 e. The van der Waals surface area contributed by atoms with Gasteiger partial charge in [0.25, 0.3) is 5.91 Å². The van der Waals surface area contributed by atoms with Crippen molar-refractivity contribution >= 4 is 22.9 Å². The number of hydrogen-bond donors (Lipinski definition) is 3. The minimum Gasteiger partial charge on any atom is -0.508 e. The summed E-state index contributed by atoms with van der Waals surface area (Å²) in [5, 5.41) is 14.7. The molecular formula is C13H15N3O2S. The Balaban J connectivity index is 2.09. The molecule has 19 heavy (non-hydrogen) atoms. The minimum atomic E-state index is -0.260. The van der Waals surface area contributed by atoms with Gasteiger partial charge in [-0.2, -0.15) is 0 Å². The van der Waals surface area contributed by atoms with Gasteiger partial charge < -0.3 is 16.2 Å². The van der Waals surface area contributed by atoms with Gasteiger partial charge in [-0.1, -0.05) is 0 Å². The molecule has 0 spiro atoms. The van der Waals surface area contributed by atoms with Gasteiger partial charge >= 0.3 is 0 Å². The molecule has 5 nitrogen and oxygen atoms in total. The van der Waals surface area contributed by atoms with Crippen LogP contribution in [-0.4, -0.2) is 22.5 Å². The molecule has 0 aliphatic carbocycles. The van der Waals surface area contributed by atoms with E-state index in [1.54, 1.807) is 30.5 Å². The van der Waals surface area contributed by atoms with Crippen LogP contribution in [0.1, 0.15) is 21.1 Å². The van der Waals surface area contributed by atoms with E-state index in [1.165, 1.54) is 11.3 Å². The third-order valence-electron chi connectivity index (χ3n) is 2.60. The molecule has 0 aliphatic rings. The van der Waals surface area contributed by atoms with E-state index in [9.17, 15) is 9.90 Å². The number of phenolic OH excluding ortho intramolecular Hbond substituents is 1. The van der Waals surface area contributed by atoms with E-state index >= 15 is 0 Å². The number of nitrogens with two attached hydrogens (primary N) is 1. The number of aromatic hydroxyl groups is 1. The second kappa shape index (κ2) is 5.81. The van der Waals surface area contributed by atoms with Crippen molar-refractivity contribution in [2.75, 3.05) is 11.9 Å². The van der Waals surface area contributed by atoms with Crippen LogP contribution in [0.4, 0.5) is 5.69 Å². The molecule has 1 aromatic heterocycles. The molecule has 0 fully saturated rings. The Labute approximate surface area is 115 Å². The summed E-state index contributed by atoms with van der Waals surface area (Å²) in [5.74, 6) is -0.0542. The second-order valence-electron chi connectivity index (χ2n) is 4.12. The summed E-state index contributed by atoms with van der Waals surface area (Å²) in [4.78, 5) is 16.2. The van der Waals surface area contributed by atoms with Crippen molar-refractivity contribution in [3.63, 3.8) is 0 Å². The maximum absolute atomic E-state index is 12.0. The lowest BCUT2D eigenvalue weighted by Crippen LogP contribution is -2.12. The first-order valence-electron chi connectivity index (χ1n) is 5.85. The van der Waals surface area contributed by atoms with Gasteiger partial charge in [0.15, 0.2) is 0 Å². The summed E-state index contributed by atoms with van der Waals surface area (Å²) >= 11 is 1.43. The van der Waals surface area contributed by atoms with Crippen LogP contribution in [0.2, 0.25) is 0 Å². The topological polar surface area (TPSA) is 88.2 Å². The zero-order chi connectivity index (χ0) is 13.8. The number of thiazole rings is 1. The third-order valence-corrected chi connectivity index (χ3v) is 3.51. The minimum absolute atomic E-state index is 0.205. The van der Waals surface area contributed by atoms with Crippen molar-refractivity contribution in [3.05, 3.63) is 39.8 Å². The SMILES string of the molecule is Cc1cc(NC(=O)c2csc(CCN)n2)ccc1O. The molecule has 0 atom stereocenters. The van der Waals surface area contributed by atoms with Crippen LogP contribution in [0.5, 0.6) is 5.75 Å². The maximum atomic E-state index is 12.0. The number of aryl methyl sites for hydroxylation is 1. The van der Waals surface area contributed by atoms with Gasteiger partial charge in [-0.05, 0) is 37.2 Å². The summed E-state index contributed by atoms with van der Waals surface area (Å²) in [6.07, 6.45) is 0.677. The van der Waals surface area contributed by atoms with E-state index in [4.69, 9.17) is 5.73 Å². The summed E-state index contributed by atoms with van der Waals surface area (Å²) in [6.45, 7) is 2.29. The van der Waals surface area contributed by atoms with E-state index in [-0.39, 0.29) is 11.7 Å². The number of carbonyl (C=O) groups excluding carboxylic acids is 1. The van der Waals surface area contributed by atoms with E-state index < -0.39 is 0 Å². The van der Waals surface area contributed by atoms with E-state index in [0.717, 1.165) is 5.01 Å². The van der Waals surface area contributed by atoms with E-state index in [0.29, 0.717) is 29.9 Å². The number of amides is 1. The van der Waals surface area contributed by atoms with Gasteiger partial charge in [0.1, 0.15) is 11.4 Å². The van der Waals surface area contributed by atoms with Crippen LogP contribution < -0.4 is 11.1 Å². The summed E-state index contributed by atoms with van der Waals surface area (Å²) in [6, 6.07) is 4.90. The predicted octanol–water partition coefficient (Wildman–Crippen LogP) is 1.91. The Hall–Kier alpha value is -1.92. The van der Waals surface area contributed by atoms with Crippen molar-refractivity contribution < 1.29 is 9.90 Å². The number of carbonyl (C=O) groups is 1. The van der Waals surface area contributed by atoms with E-state index in [1.807, 2.05) is 0 Å². The number of benzene rings is 1. The molecule has 2 aromatic rings. The molecule has 100 valence electrons. The normalized spacial score (nSPS) is 10.4. The van der Waals surface area contributed by atoms with Crippen molar-refractivity contribution in [2.24, 2.45) is 5.73 Å². The standard InChI is InChI=1S/C13H15N3O2S/c1-8-6-9(2-3-11(8)17)15-13(18)10-7-19-12(16-10)4-5-14/h2-3,6-7,17H,4-5,14H2,1H3,(H,15,18). The number of nitrogens with one attached hydrogen (secondary N) is 1. The molecule has 1 aromatic carbocycles. The first-order chi connectivity index (χ1) is 9.10. The Bertz CT molecular complexity index is 595. The van der Waals surface area contributed by atoms with Crippen LogP contribution in [-0.2, 0) is 6.42 Å². The summed E-state index contributed by atoms with van der Waals surface area (Å²) in [7, 11) is 0. The first kappa shape index (κ1) is 13.5. The highest BCUT2D eigenvalue weighted by molar-refractivity contribution is 7.09. The highest BCUT2D eigenvalue weighted by atomic mass is 32.1. The molecule has 4 N–H and O–H groups in total. The van der Waals surface area contributed by atoms with Gasteiger partial charge in [-0.25, -0.2) is 4.98 Å². The molecule has 0 radical (unpaired) electrons. The van der Waals surface area contributed by atoms with Crippen molar-refractivity contribution in [1.82, 2.24) is 4.98 Å². The molecule has 6 heteroatoms. The molecule has 0 bridgehead atoms. The molecule has 0 saturated heterocycles. The van der Waals surface area contributed by atoms with Gasteiger partial charge in [0.2, 0.25) is 0 Å². The van der Waals surface area contributed by atoms with Crippen molar-refractivity contribution in [3.8, 4) is 5.75 Å². The zero-order valence-corrected chi connectivity index (χ0v) is 11.3. The average Bonchev–Trinajstić information content (AvgIpc) is 2.83. The lowest BCUT2D eigenvalue weighted by Gasteiger charge is -2.05. The third kappa shape index (κ3) is 3.30. The Kier molecular flexibility index (Phi) is 4.13. The number of nitrogens with zero attached hydrogens (tertiary/aromatic N) is 1. The monoisotopic (exact) mass is 277 g/mol. The lowest BCUT2D eigenvalue weighted by atomic mass is 10.2. The fourth-order valence-electron chi connectivity index (χ4n) is 1.58. The molecule has 0 unspecified atom stereocenters. The Morgan fingerprint density at radius 1 is 1.53 bits per heavy atom. The molecule has 1 heterocycles. The van der Waals surface area contributed by atoms with Crippen LogP contribution in [0.25, 0.3) is 0 Å². The van der Waals surface area contributed by atoms with Crippen LogP contribution in [0, 0.1) is 6.92 Å². The Morgan fingerprint density at radius 3 is 3.00 bits per heavy atom. The number of anilines is 1. The van der Waals surface area contributed by atoms with Crippen molar-refractivity contribution in [1.29, 1.82) is 0 Å². The summed E-state index contributed by atoms with van der Waals surface area (Å²) in [5.41, 5.74) is 7.17. The van der Waals surface area contributed by atoms with Gasteiger partial charge in [-0.15, -0.1) is 11.3 Å². The predicted molar refractivity (Wildman–Crippen MR) is 75.7 cm³/mol. The number of aromatic nitrogens is 1. The van der Waals surface area contributed by atoms with Gasteiger partial charge in [-0.3, -0.25) is 4.79 Å². The molecular weight excluding hydrogens is 262 g/mol. The lowest BCUT2D eigenvalue weighted by molar-refractivity contribution is 0.102. The molecule has 0 aliphatic heterocycles. The highest BCUT2D eigenvalue weighted by Crippen LogP contribution is 2.21. The smallest absolute Gasteiger partial charge is 0.275 e. The first-order valence-corrected chi connectivity index (χ1v) is 6.73. The van der Waals surface area contributed by atoms with Gasteiger partial charge in [0.05, 0.1) is 5.01 Å². The quantitative estimate of drug-likeness (QED) is 0.745. The van der Waals surface area contributed by atoms with Crippen molar-refractivity contribution in [2.45, 2.75) is 13.3 Å². The van der Waals surface area contributed by atoms with Crippen LogP contribution >= 0.6 is 11.3 Å². The second-order valence-corrected chi connectivity index (χ2v) is 5.06. The number of hydrogen-bond acceptors (Lipinski definition) is 5.